The molecule has 2 N–H and O–H groups in total. The third-order valence-corrected chi connectivity index (χ3v) is 7.28. The van der Waals surface area contributed by atoms with Crippen LogP contribution in [-0.4, -0.2) is 23.0 Å². The Morgan fingerprint density at radius 2 is 2.16 bits per heavy atom. The first-order chi connectivity index (χ1) is 14.7. The Balaban J connectivity index is 1.48. The van der Waals surface area contributed by atoms with Gasteiger partial charge in [-0.2, -0.15) is 0 Å². The summed E-state index contributed by atoms with van der Waals surface area (Å²) in [5.41, 5.74) is 2.03. The normalized spacial score (nSPS) is 16.2. The molecular formula is C24H29N3O3S. The van der Waals surface area contributed by atoms with Gasteiger partial charge >= 0.3 is 0 Å². The van der Waals surface area contributed by atoms with Gasteiger partial charge in [-0.3, -0.25) is 9.59 Å². The average Bonchev–Trinajstić information content (AvgIpc) is 3.10. The zero-order chi connectivity index (χ0) is 22.2. The Kier molecular flexibility index (Phi) is 5.88. The van der Waals surface area contributed by atoms with Crippen molar-refractivity contribution in [1.82, 2.24) is 9.97 Å². The third kappa shape index (κ3) is 4.66. The van der Waals surface area contributed by atoms with Crippen LogP contribution in [0, 0.1) is 11.3 Å². The SMILES string of the molecule is COc1cccc(NC(=O)CCc2nc3sc4c(c3c(=O)[nH]2)CC[C@H](C(C)(C)C)C4)c1. The number of nitrogens with one attached hydrogen (secondary N) is 2. The second kappa shape index (κ2) is 8.46. The molecule has 7 heteroatoms. The molecule has 6 nitrogen and oxygen atoms in total. The van der Waals surface area contributed by atoms with E-state index in [1.807, 2.05) is 18.2 Å². The smallest absolute Gasteiger partial charge is 0.259 e. The monoisotopic (exact) mass is 439 g/mol. The maximum Gasteiger partial charge on any atom is 0.259 e. The molecule has 1 aliphatic carbocycles. The van der Waals surface area contributed by atoms with Gasteiger partial charge in [-0.15, -0.1) is 11.3 Å². The molecule has 1 aromatic carbocycles. The Morgan fingerprint density at radius 1 is 1.35 bits per heavy atom. The number of thiophene rings is 1. The fourth-order valence-corrected chi connectivity index (χ4v) is 5.56. The van der Waals surface area contributed by atoms with E-state index in [0.717, 1.165) is 29.5 Å². The third-order valence-electron chi connectivity index (χ3n) is 6.14. The van der Waals surface area contributed by atoms with Crippen LogP contribution in [0.5, 0.6) is 5.75 Å². The van der Waals surface area contributed by atoms with E-state index in [4.69, 9.17) is 9.72 Å². The van der Waals surface area contributed by atoms with Gasteiger partial charge in [0.1, 0.15) is 16.4 Å². The zero-order valence-corrected chi connectivity index (χ0v) is 19.3. The van der Waals surface area contributed by atoms with Crippen molar-refractivity contribution < 1.29 is 9.53 Å². The number of anilines is 1. The van der Waals surface area contributed by atoms with E-state index < -0.39 is 0 Å². The van der Waals surface area contributed by atoms with Gasteiger partial charge in [0.15, 0.2) is 0 Å². The lowest BCUT2D eigenvalue weighted by atomic mass is 9.72. The fraction of sp³-hybridized carbons (Fsp3) is 0.458. The molecule has 0 spiro atoms. The summed E-state index contributed by atoms with van der Waals surface area (Å²) in [6.45, 7) is 6.86. The van der Waals surface area contributed by atoms with Crippen molar-refractivity contribution in [3.8, 4) is 5.75 Å². The molecule has 0 fully saturated rings. The van der Waals surface area contributed by atoms with Crippen molar-refractivity contribution in [1.29, 1.82) is 0 Å². The molecule has 1 aliphatic rings. The molecule has 31 heavy (non-hydrogen) atoms. The molecule has 0 bridgehead atoms. The summed E-state index contributed by atoms with van der Waals surface area (Å²) in [7, 11) is 1.59. The predicted octanol–water partition coefficient (Wildman–Crippen LogP) is 4.72. The summed E-state index contributed by atoms with van der Waals surface area (Å²) < 4.78 is 5.18. The highest BCUT2D eigenvalue weighted by Gasteiger charge is 2.31. The van der Waals surface area contributed by atoms with Crippen molar-refractivity contribution in [2.24, 2.45) is 11.3 Å². The van der Waals surface area contributed by atoms with E-state index in [1.54, 1.807) is 24.5 Å². The zero-order valence-electron chi connectivity index (χ0n) is 18.5. The number of rotatable bonds is 5. The quantitative estimate of drug-likeness (QED) is 0.603. The second-order valence-electron chi connectivity index (χ2n) is 9.28. The van der Waals surface area contributed by atoms with Gasteiger partial charge < -0.3 is 15.0 Å². The second-order valence-corrected chi connectivity index (χ2v) is 10.4. The van der Waals surface area contributed by atoms with Gasteiger partial charge in [-0.05, 0) is 48.3 Å². The number of aromatic amines is 1. The minimum absolute atomic E-state index is 0.0834. The Morgan fingerprint density at radius 3 is 2.90 bits per heavy atom. The van der Waals surface area contributed by atoms with Gasteiger partial charge in [0.05, 0.1) is 12.5 Å². The molecule has 164 valence electrons. The summed E-state index contributed by atoms with van der Waals surface area (Å²) in [5, 5.41) is 3.61. The van der Waals surface area contributed by atoms with Crippen molar-refractivity contribution in [2.75, 3.05) is 12.4 Å². The van der Waals surface area contributed by atoms with E-state index in [9.17, 15) is 9.59 Å². The predicted molar refractivity (Wildman–Crippen MR) is 125 cm³/mol. The molecule has 1 amide bonds. The first-order valence-electron chi connectivity index (χ1n) is 10.7. The van der Waals surface area contributed by atoms with Gasteiger partial charge in [-0.25, -0.2) is 4.98 Å². The first-order valence-corrected chi connectivity index (χ1v) is 11.5. The molecule has 0 radical (unpaired) electrons. The summed E-state index contributed by atoms with van der Waals surface area (Å²) in [6, 6.07) is 7.23. The Labute approximate surface area is 186 Å². The standard InChI is InChI=1S/C24H29N3O3S/c1-24(2,3)14-8-9-17-18(12-14)31-23-21(17)22(29)26-19(27-23)10-11-20(28)25-15-6-5-7-16(13-15)30-4/h5-7,13-14H,8-12H2,1-4H3,(H,25,28)(H,26,27,29)/t14-/m0/s1. The number of benzene rings is 1. The molecule has 2 aromatic heterocycles. The number of carbonyl (C=O) groups excluding carboxylic acids is 1. The lowest BCUT2D eigenvalue weighted by Gasteiger charge is -2.33. The molecule has 0 unspecified atom stereocenters. The highest BCUT2D eigenvalue weighted by molar-refractivity contribution is 7.18. The van der Waals surface area contributed by atoms with Crippen molar-refractivity contribution in [3.63, 3.8) is 0 Å². The number of aryl methyl sites for hydroxylation is 2. The van der Waals surface area contributed by atoms with E-state index in [1.165, 1.54) is 10.4 Å². The molecule has 0 aliphatic heterocycles. The maximum absolute atomic E-state index is 12.8. The van der Waals surface area contributed by atoms with E-state index in [0.29, 0.717) is 29.6 Å². The number of ether oxygens (including phenoxy) is 1. The number of hydrogen-bond donors (Lipinski definition) is 2. The number of amides is 1. The minimum atomic E-state index is -0.130. The number of fused-ring (bicyclic) bond motifs is 3. The van der Waals surface area contributed by atoms with Crippen molar-refractivity contribution in [3.05, 3.63) is 50.9 Å². The van der Waals surface area contributed by atoms with Crippen molar-refractivity contribution in [2.45, 2.75) is 52.9 Å². The van der Waals surface area contributed by atoms with Crippen LogP contribution in [0.1, 0.15) is 49.9 Å². The number of H-pyrrole nitrogens is 1. The number of hydrogen-bond acceptors (Lipinski definition) is 5. The highest BCUT2D eigenvalue weighted by atomic mass is 32.1. The van der Waals surface area contributed by atoms with Gasteiger partial charge in [-0.1, -0.05) is 26.8 Å². The molecule has 3 aromatic rings. The van der Waals surface area contributed by atoms with Gasteiger partial charge in [0.2, 0.25) is 5.91 Å². The van der Waals surface area contributed by atoms with Gasteiger partial charge in [0.25, 0.3) is 5.56 Å². The van der Waals surface area contributed by atoms with E-state index in [2.05, 4.69) is 31.1 Å². The Bertz CT molecular complexity index is 1170. The highest BCUT2D eigenvalue weighted by Crippen LogP contribution is 2.41. The maximum atomic E-state index is 12.8. The van der Waals surface area contributed by atoms with Crippen LogP contribution in [0.4, 0.5) is 5.69 Å². The first kappa shape index (κ1) is 21.6. The molecule has 0 saturated heterocycles. The molecule has 2 heterocycles. The van der Waals surface area contributed by atoms with Crippen LogP contribution in [0.25, 0.3) is 10.2 Å². The lowest BCUT2D eigenvalue weighted by molar-refractivity contribution is -0.116. The molecular weight excluding hydrogens is 410 g/mol. The van der Waals surface area contributed by atoms with Crippen LogP contribution >= 0.6 is 11.3 Å². The summed E-state index contributed by atoms with van der Waals surface area (Å²) in [5.74, 6) is 1.73. The lowest BCUT2D eigenvalue weighted by Crippen LogP contribution is -2.26. The summed E-state index contributed by atoms with van der Waals surface area (Å²) in [4.78, 5) is 34.9. The van der Waals surface area contributed by atoms with Crippen LogP contribution in [0.3, 0.4) is 0 Å². The van der Waals surface area contributed by atoms with Crippen LogP contribution in [0.2, 0.25) is 0 Å². The van der Waals surface area contributed by atoms with E-state index >= 15 is 0 Å². The van der Waals surface area contributed by atoms with Crippen LogP contribution < -0.4 is 15.6 Å². The number of aromatic nitrogens is 2. The number of carbonyl (C=O) groups is 1. The van der Waals surface area contributed by atoms with E-state index in [-0.39, 0.29) is 23.3 Å². The molecule has 0 saturated carbocycles. The number of nitrogens with zero attached hydrogens (tertiary/aromatic N) is 1. The largest absolute Gasteiger partial charge is 0.497 e. The van der Waals surface area contributed by atoms with Crippen molar-refractivity contribution >= 4 is 33.1 Å². The fourth-order valence-electron chi connectivity index (χ4n) is 4.24. The number of methoxy groups -OCH3 is 1. The topological polar surface area (TPSA) is 84.1 Å². The Hall–Kier alpha value is -2.67. The van der Waals surface area contributed by atoms with Crippen LogP contribution in [0.15, 0.2) is 29.1 Å². The summed E-state index contributed by atoms with van der Waals surface area (Å²) >= 11 is 1.64. The summed E-state index contributed by atoms with van der Waals surface area (Å²) in [6.07, 6.45) is 3.67. The molecule has 4 rings (SSSR count). The molecule has 1 atom stereocenters. The minimum Gasteiger partial charge on any atom is -0.497 e. The van der Waals surface area contributed by atoms with Gasteiger partial charge in [0, 0.05) is 29.5 Å². The van der Waals surface area contributed by atoms with Crippen LogP contribution in [-0.2, 0) is 24.1 Å². The average molecular weight is 440 g/mol.